The van der Waals surface area contributed by atoms with E-state index in [-0.39, 0.29) is 26.1 Å². The van der Waals surface area contributed by atoms with Gasteiger partial charge >= 0.3 is 11.9 Å². The van der Waals surface area contributed by atoms with Crippen LogP contribution in [0.1, 0.15) is 33.6 Å². The summed E-state index contributed by atoms with van der Waals surface area (Å²) in [5.74, 6) is -1.37. The summed E-state index contributed by atoms with van der Waals surface area (Å²) in [5.41, 5.74) is -1.47. The molecule has 0 fully saturated rings. The van der Waals surface area contributed by atoms with Crippen molar-refractivity contribution in [2.75, 3.05) is 13.2 Å². The number of nitrogens with zero attached hydrogens (tertiary/aromatic N) is 1. The van der Waals surface area contributed by atoms with Crippen molar-refractivity contribution in [3.8, 4) is 6.07 Å². The third-order valence-electron chi connectivity index (χ3n) is 2.32. The maximum absolute atomic E-state index is 11.7. The van der Waals surface area contributed by atoms with E-state index in [9.17, 15) is 9.59 Å². The largest absolute Gasteiger partial charge is 0.465 e. The Morgan fingerprint density at radius 3 is 1.81 bits per heavy atom. The van der Waals surface area contributed by atoms with Gasteiger partial charge in [0.1, 0.15) is 0 Å². The van der Waals surface area contributed by atoms with Crippen LogP contribution >= 0.6 is 0 Å². The van der Waals surface area contributed by atoms with Crippen molar-refractivity contribution in [1.82, 2.24) is 0 Å². The summed E-state index contributed by atoms with van der Waals surface area (Å²) in [6.45, 7) is 5.30. The van der Waals surface area contributed by atoms with E-state index in [1.807, 2.05) is 6.07 Å². The molecular weight excluding hydrogens is 210 g/mol. The normalized spacial score (nSPS) is 10.4. The third kappa shape index (κ3) is 2.96. The zero-order valence-corrected chi connectivity index (χ0v) is 9.91. The Hall–Kier alpha value is -1.57. The fourth-order valence-corrected chi connectivity index (χ4v) is 1.31. The van der Waals surface area contributed by atoms with Crippen LogP contribution < -0.4 is 0 Å². The average Bonchev–Trinajstić information content (AvgIpc) is 2.26. The zero-order valence-electron chi connectivity index (χ0n) is 9.91. The summed E-state index contributed by atoms with van der Waals surface area (Å²) in [6, 6.07) is 1.84. The van der Waals surface area contributed by atoms with Crippen LogP contribution in [0.15, 0.2) is 0 Å². The van der Waals surface area contributed by atoms with E-state index in [0.29, 0.717) is 0 Å². The Morgan fingerprint density at radius 2 is 1.56 bits per heavy atom. The van der Waals surface area contributed by atoms with E-state index < -0.39 is 17.4 Å². The Balaban J connectivity index is 5.06. The van der Waals surface area contributed by atoms with Gasteiger partial charge in [-0.05, 0) is 20.3 Å². The first-order chi connectivity index (χ1) is 7.58. The molecule has 5 heteroatoms. The van der Waals surface area contributed by atoms with Gasteiger partial charge in [-0.1, -0.05) is 6.92 Å². The second-order valence-corrected chi connectivity index (χ2v) is 3.21. The highest BCUT2D eigenvalue weighted by atomic mass is 16.6. The third-order valence-corrected chi connectivity index (χ3v) is 2.32. The second kappa shape index (κ2) is 6.83. The quantitative estimate of drug-likeness (QED) is 0.506. The number of nitriles is 1. The van der Waals surface area contributed by atoms with Crippen molar-refractivity contribution in [1.29, 1.82) is 5.26 Å². The molecule has 0 saturated heterocycles. The molecule has 90 valence electrons. The molecule has 0 amide bonds. The molecule has 0 unspecified atom stereocenters. The molecule has 0 N–H and O–H groups in total. The first kappa shape index (κ1) is 14.4. The van der Waals surface area contributed by atoms with Gasteiger partial charge in [-0.3, -0.25) is 9.59 Å². The van der Waals surface area contributed by atoms with Gasteiger partial charge in [0.15, 0.2) is 5.41 Å². The van der Waals surface area contributed by atoms with Crippen LogP contribution in [0.4, 0.5) is 0 Å². The van der Waals surface area contributed by atoms with Crippen LogP contribution in [0.5, 0.6) is 0 Å². The van der Waals surface area contributed by atoms with Gasteiger partial charge in [-0.15, -0.1) is 0 Å². The van der Waals surface area contributed by atoms with Crippen molar-refractivity contribution in [2.45, 2.75) is 33.6 Å². The number of hydrogen-bond acceptors (Lipinski definition) is 5. The van der Waals surface area contributed by atoms with Crippen LogP contribution in [0.2, 0.25) is 0 Å². The molecule has 0 rings (SSSR count). The lowest BCUT2D eigenvalue weighted by Gasteiger charge is -2.25. The molecule has 0 aliphatic heterocycles. The van der Waals surface area contributed by atoms with Crippen LogP contribution in [-0.4, -0.2) is 25.2 Å². The van der Waals surface area contributed by atoms with E-state index in [0.717, 1.165) is 0 Å². The molecule has 0 aromatic heterocycles. The van der Waals surface area contributed by atoms with E-state index in [1.165, 1.54) is 0 Å². The molecular formula is C11H17NO4. The summed E-state index contributed by atoms with van der Waals surface area (Å²) >= 11 is 0. The molecule has 0 atom stereocenters. The van der Waals surface area contributed by atoms with Crippen LogP contribution in [0.25, 0.3) is 0 Å². The number of esters is 2. The fourth-order valence-electron chi connectivity index (χ4n) is 1.31. The lowest BCUT2D eigenvalue weighted by Crippen LogP contribution is -2.41. The molecule has 0 heterocycles. The van der Waals surface area contributed by atoms with Crippen molar-refractivity contribution in [3.05, 3.63) is 0 Å². The van der Waals surface area contributed by atoms with Crippen LogP contribution in [0, 0.1) is 16.7 Å². The Kier molecular flexibility index (Phi) is 6.16. The SMILES string of the molecule is CCOC(=O)C(CC)(CC#N)C(=O)OCC. The van der Waals surface area contributed by atoms with E-state index in [1.54, 1.807) is 20.8 Å². The number of carbonyl (C=O) groups is 2. The standard InChI is InChI=1S/C11H17NO4/c1-4-11(7-8-12,9(13)15-5-2)10(14)16-6-3/h4-7H2,1-3H3. The molecule has 5 nitrogen and oxygen atoms in total. The minimum Gasteiger partial charge on any atom is -0.465 e. The number of ether oxygens (including phenoxy) is 2. The maximum Gasteiger partial charge on any atom is 0.324 e. The number of carbonyl (C=O) groups excluding carboxylic acids is 2. The first-order valence-corrected chi connectivity index (χ1v) is 5.30. The molecule has 0 bridgehead atoms. The molecule has 0 aliphatic carbocycles. The van der Waals surface area contributed by atoms with Gasteiger partial charge < -0.3 is 9.47 Å². The van der Waals surface area contributed by atoms with Crippen molar-refractivity contribution in [2.24, 2.45) is 5.41 Å². The summed E-state index contributed by atoms with van der Waals surface area (Å²) in [5, 5.41) is 8.70. The summed E-state index contributed by atoms with van der Waals surface area (Å²) < 4.78 is 9.65. The van der Waals surface area contributed by atoms with Gasteiger partial charge in [0, 0.05) is 0 Å². The van der Waals surface area contributed by atoms with Gasteiger partial charge in [0.2, 0.25) is 0 Å². The first-order valence-electron chi connectivity index (χ1n) is 5.30. The maximum atomic E-state index is 11.7. The lowest BCUT2D eigenvalue weighted by molar-refractivity contribution is -0.172. The average molecular weight is 227 g/mol. The topological polar surface area (TPSA) is 76.4 Å². The highest BCUT2D eigenvalue weighted by molar-refractivity contribution is 6.00. The minimum absolute atomic E-state index is 0.172. The monoisotopic (exact) mass is 227 g/mol. The minimum atomic E-state index is -1.47. The van der Waals surface area contributed by atoms with Crippen molar-refractivity contribution in [3.63, 3.8) is 0 Å². The van der Waals surface area contributed by atoms with Crippen molar-refractivity contribution < 1.29 is 19.1 Å². The highest BCUT2D eigenvalue weighted by Crippen LogP contribution is 2.29. The Labute approximate surface area is 95.3 Å². The van der Waals surface area contributed by atoms with Gasteiger partial charge in [-0.2, -0.15) is 5.26 Å². The van der Waals surface area contributed by atoms with E-state index in [4.69, 9.17) is 14.7 Å². The van der Waals surface area contributed by atoms with Crippen molar-refractivity contribution >= 4 is 11.9 Å². The smallest absolute Gasteiger partial charge is 0.324 e. The predicted octanol–water partition coefficient (Wildman–Crippen LogP) is 1.42. The molecule has 0 saturated carbocycles. The Bertz CT molecular complexity index is 275. The van der Waals surface area contributed by atoms with Crippen LogP contribution in [-0.2, 0) is 19.1 Å². The summed E-state index contributed by atoms with van der Waals surface area (Å²) in [7, 11) is 0. The number of rotatable bonds is 6. The fraction of sp³-hybridized carbons (Fsp3) is 0.727. The van der Waals surface area contributed by atoms with Gasteiger partial charge in [0.05, 0.1) is 25.7 Å². The highest BCUT2D eigenvalue weighted by Gasteiger charge is 2.47. The molecule has 0 spiro atoms. The predicted molar refractivity (Wildman–Crippen MR) is 56.2 cm³/mol. The second-order valence-electron chi connectivity index (χ2n) is 3.21. The number of hydrogen-bond donors (Lipinski definition) is 0. The summed E-state index contributed by atoms with van der Waals surface area (Å²) in [6.07, 6.45) is -0.0284. The van der Waals surface area contributed by atoms with Gasteiger partial charge in [-0.25, -0.2) is 0 Å². The molecule has 0 radical (unpaired) electrons. The summed E-state index contributed by atoms with van der Waals surface area (Å²) in [4.78, 5) is 23.5. The Morgan fingerprint density at radius 1 is 1.12 bits per heavy atom. The molecule has 16 heavy (non-hydrogen) atoms. The van der Waals surface area contributed by atoms with E-state index in [2.05, 4.69) is 0 Å². The van der Waals surface area contributed by atoms with Crippen LogP contribution in [0.3, 0.4) is 0 Å². The molecule has 0 aromatic rings. The molecule has 0 aromatic carbocycles. The lowest BCUT2D eigenvalue weighted by atomic mass is 9.82. The van der Waals surface area contributed by atoms with Gasteiger partial charge in [0.25, 0.3) is 0 Å². The zero-order chi connectivity index (χ0) is 12.6. The van der Waals surface area contributed by atoms with E-state index >= 15 is 0 Å². The molecule has 0 aliphatic rings.